The quantitative estimate of drug-likeness (QED) is 0.709. The van der Waals surface area contributed by atoms with E-state index in [1.165, 1.54) is 5.56 Å². The van der Waals surface area contributed by atoms with Crippen molar-refractivity contribution in [2.75, 3.05) is 40.4 Å². The standard InChI is InChI=1S/C15H20N4OSe/c1-18(2)15-17-14(19-8-10-20-11-9-19)16-13(21-15)12-6-4-3-5-7-12/h3-7,13H,8-11H2,1-2H3. The first-order valence-corrected chi connectivity index (χ1v) is 8.97. The van der Waals surface area contributed by atoms with Crippen molar-refractivity contribution in [3.05, 3.63) is 35.9 Å². The van der Waals surface area contributed by atoms with Crippen LogP contribution in [0.25, 0.3) is 0 Å². The molecule has 1 unspecified atom stereocenters. The van der Waals surface area contributed by atoms with Crippen LogP contribution in [0.3, 0.4) is 0 Å². The van der Waals surface area contributed by atoms with Crippen LogP contribution < -0.4 is 0 Å². The fraction of sp³-hybridized carbons (Fsp3) is 0.467. The molecule has 1 saturated heterocycles. The summed E-state index contributed by atoms with van der Waals surface area (Å²) < 4.78 is 6.57. The summed E-state index contributed by atoms with van der Waals surface area (Å²) in [5.41, 5.74) is 1.28. The second-order valence-electron chi connectivity index (χ2n) is 5.20. The van der Waals surface area contributed by atoms with E-state index in [9.17, 15) is 0 Å². The topological polar surface area (TPSA) is 40.4 Å². The number of guanidine groups is 1. The van der Waals surface area contributed by atoms with Gasteiger partial charge in [0.15, 0.2) is 0 Å². The summed E-state index contributed by atoms with van der Waals surface area (Å²) in [7, 11) is 4.12. The average molecular weight is 351 g/mol. The predicted octanol–water partition coefficient (Wildman–Crippen LogP) is 1.01. The first-order chi connectivity index (χ1) is 10.2. The third-order valence-electron chi connectivity index (χ3n) is 3.41. The van der Waals surface area contributed by atoms with E-state index in [2.05, 4.69) is 48.2 Å². The number of aliphatic imine (C=N–C) groups is 2. The van der Waals surface area contributed by atoms with Gasteiger partial charge in [0.25, 0.3) is 0 Å². The Kier molecular flexibility index (Phi) is 4.58. The van der Waals surface area contributed by atoms with Crippen molar-refractivity contribution in [1.82, 2.24) is 9.80 Å². The Labute approximate surface area is 131 Å². The number of benzene rings is 1. The van der Waals surface area contributed by atoms with Crippen molar-refractivity contribution in [2.24, 2.45) is 9.98 Å². The van der Waals surface area contributed by atoms with Crippen LogP contribution in [0.5, 0.6) is 0 Å². The maximum absolute atomic E-state index is 5.42. The van der Waals surface area contributed by atoms with Gasteiger partial charge in [-0.05, 0) is 0 Å². The fourth-order valence-electron chi connectivity index (χ4n) is 2.25. The summed E-state index contributed by atoms with van der Waals surface area (Å²) >= 11 is 0.223. The van der Waals surface area contributed by atoms with Crippen LogP contribution in [0.15, 0.2) is 40.3 Å². The number of amidine groups is 1. The summed E-state index contributed by atoms with van der Waals surface area (Å²) in [6.07, 6.45) is 0. The molecule has 21 heavy (non-hydrogen) atoms. The van der Waals surface area contributed by atoms with E-state index in [0.29, 0.717) is 0 Å². The Hall–Kier alpha value is -1.36. The van der Waals surface area contributed by atoms with E-state index in [1.54, 1.807) is 0 Å². The fourth-order valence-corrected chi connectivity index (χ4v) is 4.32. The molecular formula is C15H20N4OSe. The summed E-state index contributed by atoms with van der Waals surface area (Å²) in [6, 6.07) is 10.5. The van der Waals surface area contributed by atoms with Gasteiger partial charge in [-0.15, -0.1) is 0 Å². The molecule has 0 bridgehead atoms. The zero-order valence-electron chi connectivity index (χ0n) is 12.4. The molecule has 0 radical (unpaired) electrons. The van der Waals surface area contributed by atoms with Crippen molar-refractivity contribution in [3.63, 3.8) is 0 Å². The van der Waals surface area contributed by atoms with Crippen LogP contribution in [-0.4, -0.2) is 75.8 Å². The molecule has 6 heteroatoms. The molecule has 1 fully saturated rings. The van der Waals surface area contributed by atoms with Crippen molar-refractivity contribution < 1.29 is 4.74 Å². The molecule has 1 aromatic carbocycles. The molecule has 0 spiro atoms. The third-order valence-corrected chi connectivity index (χ3v) is 6.07. The molecule has 2 aliphatic rings. The summed E-state index contributed by atoms with van der Waals surface area (Å²) in [6.45, 7) is 3.26. The van der Waals surface area contributed by atoms with E-state index < -0.39 is 0 Å². The van der Waals surface area contributed by atoms with Crippen molar-refractivity contribution >= 4 is 25.7 Å². The second kappa shape index (κ2) is 6.60. The molecule has 3 rings (SSSR count). The molecule has 2 aliphatic heterocycles. The van der Waals surface area contributed by atoms with Crippen LogP contribution in [0.1, 0.15) is 10.5 Å². The molecule has 0 amide bonds. The van der Waals surface area contributed by atoms with Gasteiger partial charge in [-0.25, -0.2) is 0 Å². The maximum atomic E-state index is 5.42. The van der Waals surface area contributed by atoms with Gasteiger partial charge in [0.2, 0.25) is 0 Å². The molecule has 2 heterocycles. The summed E-state index contributed by atoms with van der Waals surface area (Å²) in [4.78, 5) is 14.2. The number of morpholine rings is 1. The zero-order chi connectivity index (χ0) is 14.7. The number of ether oxygens (including phenoxy) is 1. The first kappa shape index (κ1) is 14.6. The van der Waals surface area contributed by atoms with Crippen LogP contribution in [0.2, 0.25) is 0 Å². The minimum atomic E-state index is 0.214. The van der Waals surface area contributed by atoms with Crippen LogP contribution in [0, 0.1) is 0 Å². The van der Waals surface area contributed by atoms with Crippen LogP contribution in [0.4, 0.5) is 0 Å². The van der Waals surface area contributed by atoms with E-state index in [1.807, 2.05) is 6.07 Å². The number of nitrogens with zero attached hydrogens (tertiary/aromatic N) is 4. The Balaban J connectivity index is 1.88. The molecule has 0 saturated carbocycles. The van der Waals surface area contributed by atoms with Crippen LogP contribution >= 0.6 is 0 Å². The normalized spacial score (nSPS) is 22.6. The molecule has 1 aromatic rings. The van der Waals surface area contributed by atoms with E-state index in [4.69, 9.17) is 14.7 Å². The molecular weight excluding hydrogens is 331 g/mol. The molecule has 0 aromatic heterocycles. The second-order valence-corrected chi connectivity index (χ2v) is 7.40. The number of rotatable bonds is 1. The number of hydrogen-bond donors (Lipinski definition) is 0. The van der Waals surface area contributed by atoms with Crippen molar-refractivity contribution in [3.8, 4) is 0 Å². The third kappa shape index (κ3) is 3.46. The van der Waals surface area contributed by atoms with Gasteiger partial charge in [-0.2, -0.15) is 0 Å². The minimum absolute atomic E-state index is 0.214. The Bertz CT molecular complexity index is 538. The van der Waals surface area contributed by atoms with Gasteiger partial charge in [0.05, 0.1) is 0 Å². The number of hydrogen-bond acceptors (Lipinski definition) is 5. The molecule has 0 N–H and O–H groups in total. The van der Waals surface area contributed by atoms with Gasteiger partial charge in [0.1, 0.15) is 0 Å². The molecule has 1 atom stereocenters. The van der Waals surface area contributed by atoms with Gasteiger partial charge in [-0.1, -0.05) is 0 Å². The van der Waals surface area contributed by atoms with Gasteiger partial charge in [-0.3, -0.25) is 0 Å². The van der Waals surface area contributed by atoms with Crippen molar-refractivity contribution in [2.45, 2.75) is 4.94 Å². The van der Waals surface area contributed by atoms with Gasteiger partial charge < -0.3 is 0 Å². The zero-order valence-corrected chi connectivity index (χ0v) is 14.1. The Morgan fingerprint density at radius 3 is 2.57 bits per heavy atom. The van der Waals surface area contributed by atoms with Gasteiger partial charge in [0, 0.05) is 0 Å². The average Bonchev–Trinajstić information content (AvgIpc) is 2.56. The monoisotopic (exact) mass is 352 g/mol. The Morgan fingerprint density at radius 2 is 1.90 bits per heavy atom. The Morgan fingerprint density at radius 1 is 1.19 bits per heavy atom. The van der Waals surface area contributed by atoms with Gasteiger partial charge >= 0.3 is 131 Å². The van der Waals surface area contributed by atoms with E-state index in [0.717, 1.165) is 37.0 Å². The van der Waals surface area contributed by atoms with E-state index in [-0.39, 0.29) is 19.9 Å². The summed E-state index contributed by atoms with van der Waals surface area (Å²) in [5, 5.41) is 0. The van der Waals surface area contributed by atoms with Crippen LogP contribution in [-0.2, 0) is 4.74 Å². The predicted molar refractivity (Wildman–Crippen MR) is 85.9 cm³/mol. The molecule has 0 aliphatic carbocycles. The first-order valence-electron chi connectivity index (χ1n) is 7.12. The summed E-state index contributed by atoms with van der Waals surface area (Å²) in [5.74, 6) is 0.865. The molecule has 5 nitrogen and oxygen atoms in total. The molecule has 112 valence electrons. The van der Waals surface area contributed by atoms with Crippen molar-refractivity contribution in [1.29, 1.82) is 0 Å². The SMILES string of the molecule is CN(C)C1=NC(N2CCOCC2)=NC(c2ccccc2)[Se]1. The van der Waals surface area contributed by atoms with E-state index >= 15 is 0 Å².